The van der Waals surface area contributed by atoms with Crippen molar-refractivity contribution in [1.29, 1.82) is 0 Å². The molecule has 0 aromatic heterocycles. The first-order chi connectivity index (χ1) is 7.18. The lowest BCUT2D eigenvalue weighted by molar-refractivity contribution is 0.0931. The third-order valence-corrected chi connectivity index (χ3v) is 2.90. The highest BCUT2D eigenvalue weighted by Crippen LogP contribution is 2.21. The highest BCUT2D eigenvalue weighted by molar-refractivity contribution is 6.02. The van der Waals surface area contributed by atoms with Crippen molar-refractivity contribution in [3.8, 4) is 0 Å². The molecule has 1 heterocycles. The van der Waals surface area contributed by atoms with Gasteiger partial charge in [-0.2, -0.15) is 0 Å². The number of anilines is 1. The molecule has 1 saturated heterocycles. The van der Waals surface area contributed by atoms with Crippen molar-refractivity contribution in [2.45, 2.75) is 13.3 Å². The van der Waals surface area contributed by atoms with Gasteiger partial charge < -0.3 is 11.1 Å². The summed E-state index contributed by atoms with van der Waals surface area (Å²) >= 11 is 0. The molecule has 1 aliphatic heterocycles. The van der Waals surface area contributed by atoms with Crippen LogP contribution < -0.4 is 11.1 Å². The fourth-order valence-electron chi connectivity index (χ4n) is 2.00. The molecule has 3 heteroatoms. The Hall–Kier alpha value is -1.35. The molecule has 3 nitrogen and oxygen atoms in total. The Morgan fingerprint density at radius 2 is 2.33 bits per heavy atom. The summed E-state index contributed by atoms with van der Waals surface area (Å²) < 4.78 is 0. The smallest absolute Gasteiger partial charge is 0.169 e. The highest BCUT2D eigenvalue weighted by atomic mass is 16.1. The summed E-state index contributed by atoms with van der Waals surface area (Å²) in [7, 11) is 0. The number of hydrogen-bond donors (Lipinski definition) is 2. The van der Waals surface area contributed by atoms with E-state index in [1.807, 2.05) is 25.1 Å². The second-order valence-electron chi connectivity index (χ2n) is 4.14. The molecule has 1 unspecified atom stereocenters. The van der Waals surface area contributed by atoms with E-state index in [9.17, 15) is 4.79 Å². The van der Waals surface area contributed by atoms with Crippen molar-refractivity contribution in [1.82, 2.24) is 5.32 Å². The number of nitrogen functional groups attached to an aromatic ring is 1. The summed E-state index contributed by atoms with van der Waals surface area (Å²) in [6, 6.07) is 5.63. The predicted octanol–water partition coefficient (Wildman–Crippen LogP) is 1.37. The van der Waals surface area contributed by atoms with Crippen LogP contribution in [-0.2, 0) is 0 Å². The summed E-state index contributed by atoms with van der Waals surface area (Å²) in [4.78, 5) is 12.1. The molecule has 1 aromatic carbocycles. The zero-order valence-electron chi connectivity index (χ0n) is 8.92. The van der Waals surface area contributed by atoms with Crippen molar-refractivity contribution in [3.63, 3.8) is 0 Å². The van der Waals surface area contributed by atoms with Gasteiger partial charge in [0.25, 0.3) is 0 Å². The topological polar surface area (TPSA) is 55.1 Å². The largest absolute Gasteiger partial charge is 0.398 e. The summed E-state index contributed by atoms with van der Waals surface area (Å²) in [6.07, 6.45) is 0.923. The number of benzene rings is 1. The van der Waals surface area contributed by atoms with Gasteiger partial charge in [-0.15, -0.1) is 0 Å². The molecule has 0 saturated carbocycles. The Morgan fingerprint density at radius 1 is 1.53 bits per heavy atom. The van der Waals surface area contributed by atoms with E-state index in [4.69, 9.17) is 5.73 Å². The highest BCUT2D eigenvalue weighted by Gasteiger charge is 2.24. The number of hydrogen-bond acceptors (Lipinski definition) is 3. The van der Waals surface area contributed by atoms with Crippen LogP contribution in [0.2, 0.25) is 0 Å². The molecule has 1 fully saturated rings. The van der Waals surface area contributed by atoms with E-state index >= 15 is 0 Å². The molecular weight excluding hydrogens is 188 g/mol. The molecule has 1 atom stereocenters. The first-order valence-electron chi connectivity index (χ1n) is 5.29. The van der Waals surface area contributed by atoms with Gasteiger partial charge >= 0.3 is 0 Å². The first kappa shape index (κ1) is 10.2. The normalized spacial score (nSPS) is 20.5. The van der Waals surface area contributed by atoms with Crippen molar-refractivity contribution >= 4 is 11.5 Å². The van der Waals surface area contributed by atoms with Gasteiger partial charge in [0.2, 0.25) is 0 Å². The fraction of sp³-hybridized carbons (Fsp3) is 0.417. The lowest BCUT2D eigenvalue weighted by atomic mass is 9.95. The summed E-state index contributed by atoms with van der Waals surface area (Å²) in [6.45, 7) is 3.69. The van der Waals surface area contributed by atoms with E-state index in [-0.39, 0.29) is 11.7 Å². The van der Waals surface area contributed by atoms with Crippen LogP contribution in [-0.4, -0.2) is 18.9 Å². The molecule has 80 valence electrons. The minimum Gasteiger partial charge on any atom is -0.398 e. The molecule has 1 aliphatic rings. The van der Waals surface area contributed by atoms with Gasteiger partial charge in [-0.05, 0) is 37.6 Å². The maximum Gasteiger partial charge on any atom is 0.169 e. The van der Waals surface area contributed by atoms with Crippen LogP contribution in [0.25, 0.3) is 0 Å². The van der Waals surface area contributed by atoms with Gasteiger partial charge in [0.15, 0.2) is 5.78 Å². The second-order valence-corrected chi connectivity index (χ2v) is 4.14. The molecule has 0 aliphatic carbocycles. The number of nitrogens with one attached hydrogen (secondary N) is 1. The number of carbonyl (C=O) groups is 1. The number of rotatable bonds is 2. The van der Waals surface area contributed by atoms with Gasteiger partial charge in [0, 0.05) is 23.7 Å². The Bertz CT molecular complexity index is 381. The molecule has 0 radical (unpaired) electrons. The molecular formula is C12H16N2O. The van der Waals surface area contributed by atoms with Crippen LogP contribution in [0.15, 0.2) is 18.2 Å². The average Bonchev–Trinajstić information content (AvgIpc) is 2.69. The zero-order valence-corrected chi connectivity index (χ0v) is 8.92. The van der Waals surface area contributed by atoms with E-state index in [1.165, 1.54) is 0 Å². The minimum absolute atomic E-state index is 0.106. The van der Waals surface area contributed by atoms with Gasteiger partial charge in [0.05, 0.1) is 0 Å². The van der Waals surface area contributed by atoms with E-state index < -0.39 is 0 Å². The van der Waals surface area contributed by atoms with Crippen LogP contribution in [0.4, 0.5) is 5.69 Å². The second kappa shape index (κ2) is 4.03. The van der Waals surface area contributed by atoms with Crippen molar-refractivity contribution < 1.29 is 4.79 Å². The molecule has 0 spiro atoms. The van der Waals surface area contributed by atoms with Crippen molar-refractivity contribution in [2.75, 3.05) is 18.8 Å². The predicted molar refractivity (Wildman–Crippen MR) is 60.9 cm³/mol. The summed E-state index contributed by atoms with van der Waals surface area (Å²) in [5, 5.41) is 3.19. The third kappa shape index (κ3) is 2.02. The number of carbonyl (C=O) groups excluding carboxylic acids is 1. The SMILES string of the molecule is Cc1ccc(C(=O)C2CCNC2)c(N)c1. The van der Waals surface area contributed by atoms with Gasteiger partial charge in [0.1, 0.15) is 0 Å². The maximum atomic E-state index is 12.1. The van der Waals surface area contributed by atoms with E-state index in [2.05, 4.69) is 5.32 Å². The Labute approximate surface area is 89.7 Å². The Kier molecular flexibility index (Phi) is 2.73. The van der Waals surface area contributed by atoms with Crippen LogP contribution in [0.3, 0.4) is 0 Å². The molecule has 1 aromatic rings. The zero-order chi connectivity index (χ0) is 10.8. The molecule has 0 bridgehead atoms. The lowest BCUT2D eigenvalue weighted by Crippen LogP contribution is -2.19. The van der Waals surface area contributed by atoms with Crippen LogP contribution >= 0.6 is 0 Å². The van der Waals surface area contributed by atoms with Gasteiger partial charge in [-0.25, -0.2) is 0 Å². The average molecular weight is 204 g/mol. The first-order valence-corrected chi connectivity index (χ1v) is 5.29. The Balaban J connectivity index is 2.24. The van der Waals surface area contributed by atoms with Gasteiger partial charge in [-0.3, -0.25) is 4.79 Å². The molecule has 0 amide bonds. The maximum absolute atomic E-state index is 12.1. The van der Waals surface area contributed by atoms with Crippen LogP contribution in [0, 0.1) is 12.8 Å². The van der Waals surface area contributed by atoms with Gasteiger partial charge in [-0.1, -0.05) is 6.07 Å². The Morgan fingerprint density at radius 3 is 2.93 bits per heavy atom. The standard InChI is InChI=1S/C12H16N2O/c1-8-2-3-10(11(13)6-8)12(15)9-4-5-14-7-9/h2-3,6,9,14H,4-5,7,13H2,1H3. The summed E-state index contributed by atoms with van der Waals surface area (Å²) in [5.41, 5.74) is 8.22. The lowest BCUT2D eigenvalue weighted by Gasteiger charge is -2.10. The monoisotopic (exact) mass is 204 g/mol. The number of nitrogens with two attached hydrogens (primary N) is 1. The molecule has 3 N–H and O–H groups in total. The minimum atomic E-state index is 0.106. The van der Waals surface area contributed by atoms with E-state index in [1.54, 1.807) is 0 Å². The van der Waals surface area contributed by atoms with Crippen LogP contribution in [0.5, 0.6) is 0 Å². The van der Waals surface area contributed by atoms with E-state index in [0.717, 1.165) is 25.1 Å². The molecule has 2 rings (SSSR count). The van der Waals surface area contributed by atoms with E-state index in [0.29, 0.717) is 11.3 Å². The third-order valence-electron chi connectivity index (χ3n) is 2.90. The summed E-state index contributed by atoms with van der Waals surface area (Å²) in [5.74, 6) is 0.285. The quantitative estimate of drug-likeness (QED) is 0.565. The van der Waals surface area contributed by atoms with Crippen molar-refractivity contribution in [2.24, 2.45) is 5.92 Å². The number of aryl methyl sites for hydroxylation is 1. The molecule has 15 heavy (non-hydrogen) atoms. The van der Waals surface area contributed by atoms with Crippen LogP contribution in [0.1, 0.15) is 22.3 Å². The number of ketones is 1. The van der Waals surface area contributed by atoms with Crippen molar-refractivity contribution in [3.05, 3.63) is 29.3 Å². The number of Topliss-reactive ketones (excluding diaryl/α,β-unsaturated/α-hetero) is 1. The fourth-order valence-corrected chi connectivity index (χ4v) is 2.00.